The maximum atomic E-state index is 12.3. The Kier molecular flexibility index (Phi) is 5.21. The first-order valence-electron chi connectivity index (χ1n) is 8.37. The molecule has 0 unspecified atom stereocenters. The Balaban J connectivity index is 1.58. The first-order chi connectivity index (χ1) is 11.5. The molecule has 24 heavy (non-hydrogen) atoms. The van der Waals surface area contributed by atoms with E-state index in [2.05, 4.69) is 46.2 Å². The van der Waals surface area contributed by atoms with Gasteiger partial charge in [0.25, 0.3) is 0 Å². The number of aryl methyl sites for hydroxylation is 2. The second-order valence-electron chi connectivity index (χ2n) is 6.76. The van der Waals surface area contributed by atoms with Crippen LogP contribution in [0.15, 0.2) is 35.7 Å². The predicted octanol–water partition coefficient (Wildman–Crippen LogP) is 3.83. The van der Waals surface area contributed by atoms with Crippen LogP contribution < -0.4 is 10.6 Å². The molecule has 1 saturated heterocycles. The number of likely N-dealkylation sites (N-methyl/N-ethyl adjacent to an activating group) is 1. The van der Waals surface area contributed by atoms with Gasteiger partial charge in [-0.2, -0.15) is 0 Å². The number of rotatable bonds is 4. The third-order valence-electron chi connectivity index (χ3n) is 4.70. The van der Waals surface area contributed by atoms with Gasteiger partial charge in [-0.15, -0.1) is 11.3 Å². The van der Waals surface area contributed by atoms with E-state index in [0.29, 0.717) is 18.4 Å². The topological polar surface area (TPSA) is 44.4 Å². The molecule has 1 aromatic heterocycles. The first-order valence-corrected chi connectivity index (χ1v) is 9.25. The Morgan fingerprint density at radius 1 is 1.29 bits per heavy atom. The molecule has 2 amide bonds. The maximum absolute atomic E-state index is 12.3. The highest BCUT2D eigenvalue weighted by Gasteiger charge is 2.32. The summed E-state index contributed by atoms with van der Waals surface area (Å²) in [5, 5.41) is 8.17. The van der Waals surface area contributed by atoms with Crippen molar-refractivity contribution >= 4 is 23.1 Å². The molecule has 4 nitrogen and oxygen atoms in total. The summed E-state index contributed by atoms with van der Waals surface area (Å²) in [6.45, 7) is 6.82. The Hall–Kier alpha value is -1.85. The zero-order valence-corrected chi connectivity index (χ0v) is 15.3. The summed E-state index contributed by atoms with van der Waals surface area (Å²) in [6, 6.07) is 10.3. The summed E-state index contributed by atoms with van der Waals surface area (Å²) < 4.78 is 0. The lowest BCUT2D eigenvalue weighted by Gasteiger charge is -2.18. The van der Waals surface area contributed by atoms with E-state index in [9.17, 15) is 4.79 Å². The van der Waals surface area contributed by atoms with Crippen molar-refractivity contribution < 1.29 is 4.79 Å². The molecular formula is C19H25N3OS. The van der Waals surface area contributed by atoms with E-state index >= 15 is 0 Å². The average Bonchev–Trinajstić information content (AvgIpc) is 3.18. The van der Waals surface area contributed by atoms with Gasteiger partial charge < -0.3 is 15.5 Å². The predicted molar refractivity (Wildman–Crippen MR) is 101 cm³/mol. The number of amides is 2. The molecule has 0 radical (unpaired) electrons. The van der Waals surface area contributed by atoms with E-state index in [1.165, 1.54) is 4.88 Å². The molecule has 1 fully saturated rings. The van der Waals surface area contributed by atoms with E-state index in [-0.39, 0.29) is 6.03 Å². The fourth-order valence-electron chi connectivity index (χ4n) is 3.38. The van der Waals surface area contributed by atoms with Crippen LogP contribution in [0, 0.1) is 19.8 Å². The van der Waals surface area contributed by atoms with E-state index < -0.39 is 0 Å². The Bertz CT molecular complexity index is 699. The first kappa shape index (κ1) is 17.0. The summed E-state index contributed by atoms with van der Waals surface area (Å²) >= 11 is 1.81. The minimum atomic E-state index is -0.122. The SMILES string of the molecule is Cc1ccc(C)c(NC(=O)NC[C@@H]2CN(C)C[C@H]2c2cccs2)c1. The van der Waals surface area contributed by atoms with E-state index in [1.54, 1.807) is 0 Å². The van der Waals surface area contributed by atoms with Crippen LogP contribution in [-0.2, 0) is 0 Å². The molecule has 3 rings (SSSR count). The van der Waals surface area contributed by atoms with Gasteiger partial charge in [-0.05, 0) is 55.5 Å². The van der Waals surface area contributed by atoms with Crippen molar-refractivity contribution in [2.24, 2.45) is 5.92 Å². The molecule has 2 N–H and O–H groups in total. The number of urea groups is 1. The lowest BCUT2D eigenvalue weighted by Crippen LogP contribution is -2.35. The van der Waals surface area contributed by atoms with Gasteiger partial charge in [0, 0.05) is 36.1 Å². The number of nitrogens with one attached hydrogen (secondary N) is 2. The van der Waals surface area contributed by atoms with Gasteiger partial charge in [-0.3, -0.25) is 0 Å². The Morgan fingerprint density at radius 3 is 2.88 bits per heavy atom. The zero-order chi connectivity index (χ0) is 17.1. The monoisotopic (exact) mass is 343 g/mol. The van der Waals surface area contributed by atoms with Gasteiger partial charge in [0.05, 0.1) is 0 Å². The van der Waals surface area contributed by atoms with Crippen LogP contribution in [0.3, 0.4) is 0 Å². The smallest absolute Gasteiger partial charge is 0.319 e. The molecule has 0 saturated carbocycles. The molecule has 2 aromatic rings. The highest BCUT2D eigenvalue weighted by Crippen LogP contribution is 2.34. The van der Waals surface area contributed by atoms with Gasteiger partial charge in [-0.1, -0.05) is 18.2 Å². The van der Waals surface area contributed by atoms with Gasteiger partial charge in [0.15, 0.2) is 0 Å². The van der Waals surface area contributed by atoms with Gasteiger partial charge >= 0.3 is 6.03 Å². The molecule has 1 aromatic carbocycles. The number of benzene rings is 1. The maximum Gasteiger partial charge on any atom is 0.319 e. The standard InChI is InChI=1S/C19H25N3OS/c1-13-6-7-14(2)17(9-13)21-19(23)20-10-15-11-22(3)12-16(15)18-5-4-8-24-18/h4-9,15-16H,10-12H2,1-3H3,(H2,20,21,23)/t15-,16-/m1/s1. The third-order valence-corrected chi connectivity index (χ3v) is 5.70. The van der Waals surface area contributed by atoms with Crippen LogP contribution in [0.2, 0.25) is 0 Å². The Morgan fingerprint density at radius 2 is 2.12 bits per heavy atom. The van der Waals surface area contributed by atoms with Gasteiger partial charge in [0.2, 0.25) is 0 Å². The minimum Gasteiger partial charge on any atom is -0.338 e. The number of hydrogen-bond acceptors (Lipinski definition) is 3. The lowest BCUT2D eigenvalue weighted by molar-refractivity contribution is 0.249. The van der Waals surface area contributed by atoms with Crippen LogP contribution in [0.5, 0.6) is 0 Å². The number of thiophene rings is 1. The van der Waals surface area contributed by atoms with E-state index in [1.807, 2.05) is 37.3 Å². The molecule has 1 aliphatic heterocycles. The van der Waals surface area contributed by atoms with Gasteiger partial charge in [-0.25, -0.2) is 4.79 Å². The van der Waals surface area contributed by atoms with Crippen molar-refractivity contribution in [3.63, 3.8) is 0 Å². The third kappa shape index (κ3) is 3.97. The molecule has 0 aliphatic carbocycles. The number of anilines is 1. The normalized spacial score (nSPS) is 21.0. The van der Waals surface area contributed by atoms with Crippen molar-refractivity contribution in [3.05, 3.63) is 51.7 Å². The van der Waals surface area contributed by atoms with Gasteiger partial charge in [0.1, 0.15) is 0 Å². The molecule has 2 atom stereocenters. The largest absolute Gasteiger partial charge is 0.338 e. The van der Waals surface area contributed by atoms with Crippen LogP contribution in [0.4, 0.5) is 10.5 Å². The molecule has 1 aliphatic rings. The lowest BCUT2D eigenvalue weighted by atomic mass is 9.94. The second kappa shape index (κ2) is 7.36. The minimum absolute atomic E-state index is 0.122. The summed E-state index contributed by atoms with van der Waals surface area (Å²) in [7, 11) is 2.15. The Labute approximate surface area is 147 Å². The second-order valence-corrected chi connectivity index (χ2v) is 7.74. The summed E-state index contributed by atoms with van der Waals surface area (Å²) in [4.78, 5) is 16.0. The zero-order valence-electron chi connectivity index (χ0n) is 14.5. The number of carbonyl (C=O) groups is 1. The molecule has 2 heterocycles. The summed E-state index contributed by atoms with van der Waals surface area (Å²) in [6.07, 6.45) is 0. The van der Waals surface area contributed by atoms with E-state index in [0.717, 1.165) is 29.9 Å². The van der Waals surface area contributed by atoms with Crippen LogP contribution in [0.25, 0.3) is 0 Å². The van der Waals surface area contributed by atoms with Crippen molar-refractivity contribution in [1.29, 1.82) is 0 Å². The van der Waals surface area contributed by atoms with Crippen LogP contribution >= 0.6 is 11.3 Å². The van der Waals surface area contributed by atoms with Crippen molar-refractivity contribution in [2.75, 3.05) is 32.0 Å². The van der Waals surface area contributed by atoms with Crippen molar-refractivity contribution in [1.82, 2.24) is 10.2 Å². The molecule has 0 bridgehead atoms. The van der Waals surface area contributed by atoms with Crippen molar-refractivity contribution in [3.8, 4) is 0 Å². The fraction of sp³-hybridized carbons (Fsp3) is 0.421. The highest BCUT2D eigenvalue weighted by atomic mass is 32.1. The van der Waals surface area contributed by atoms with Crippen molar-refractivity contribution in [2.45, 2.75) is 19.8 Å². The number of nitrogens with zero attached hydrogens (tertiary/aromatic N) is 1. The fourth-order valence-corrected chi connectivity index (χ4v) is 4.29. The quantitative estimate of drug-likeness (QED) is 0.886. The van der Waals surface area contributed by atoms with E-state index in [4.69, 9.17) is 0 Å². The summed E-state index contributed by atoms with van der Waals surface area (Å²) in [5.41, 5.74) is 3.10. The highest BCUT2D eigenvalue weighted by molar-refractivity contribution is 7.10. The molecule has 0 spiro atoms. The number of hydrogen-bond donors (Lipinski definition) is 2. The van der Waals surface area contributed by atoms with Crippen LogP contribution in [0.1, 0.15) is 21.9 Å². The number of carbonyl (C=O) groups excluding carboxylic acids is 1. The number of likely N-dealkylation sites (tertiary alicyclic amines) is 1. The summed E-state index contributed by atoms with van der Waals surface area (Å²) in [5.74, 6) is 0.967. The molecule has 128 valence electrons. The average molecular weight is 343 g/mol. The van der Waals surface area contributed by atoms with Crippen LogP contribution in [-0.4, -0.2) is 37.6 Å². The molecule has 5 heteroatoms. The molecular weight excluding hydrogens is 318 g/mol.